The molecular formula is C14H9Br2F2NO2. The maximum atomic E-state index is 13.7. The molecule has 110 valence electrons. The fourth-order valence-corrected chi connectivity index (χ4v) is 3.18. The maximum Gasteiger partial charge on any atom is 0.231 e. The van der Waals surface area contributed by atoms with Crippen molar-refractivity contribution in [1.82, 2.24) is 0 Å². The summed E-state index contributed by atoms with van der Waals surface area (Å²) in [6.45, 7) is 0.541. The van der Waals surface area contributed by atoms with Gasteiger partial charge in [-0.25, -0.2) is 8.78 Å². The smallest absolute Gasteiger partial charge is 0.231 e. The summed E-state index contributed by atoms with van der Waals surface area (Å²) >= 11 is 6.54. The van der Waals surface area contributed by atoms with E-state index in [1.165, 1.54) is 6.07 Å². The van der Waals surface area contributed by atoms with E-state index in [2.05, 4.69) is 37.2 Å². The Kier molecular flexibility index (Phi) is 4.03. The molecule has 0 fully saturated rings. The fraction of sp³-hybridized carbons (Fsp3) is 0.143. The summed E-state index contributed by atoms with van der Waals surface area (Å²) in [5.74, 6) is 0.0187. The normalized spacial score (nSPS) is 12.6. The second-order valence-electron chi connectivity index (χ2n) is 4.41. The molecule has 0 saturated carbocycles. The summed E-state index contributed by atoms with van der Waals surface area (Å²) in [6, 6.07) is 5.72. The van der Waals surface area contributed by atoms with Crippen molar-refractivity contribution in [3.63, 3.8) is 0 Å². The highest BCUT2D eigenvalue weighted by atomic mass is 79.9. The van der Waals surface area contributed by atoms with Crippen LogP contribution in [0.25, 0.3) is 0 Å². The molecule has 0 unspecified atom stereocenters. The molecule has 1 aliphatic rings. The zero-order valence-electron chi connectivity index (χ0n) is 10.6. The summed E-state index contributed by atoms with van der Waals surface area (Å²) in [4.78, 5) is 0. The summed E-state index contributed by atoms with van der Waals surface area (Å²) in [5.41, 5.74) is 1.09. The molecular weight excluding hydrogens is 412 g/mol. The number of ether oxygens (including phenoxy) is 2. The third-order valence-corrected chi connectivity index (χ3v) is 4.18. The molecule has 2 aromatic carbocycles. The van der Waals surface area contributed by atoms with Gasteiger partial charge in [0, 0.05) is 17.1 Å². The lowest BCUT2D eigenvalue weighted by Gasteiger charge is -2.11. The highest BCUT2D eigenvalue weighted by Crippen LogP contribution is 2.40. The van der Waals surface area contributed by atoms with Crippen molar-refractivity contribution >= 4 is 37.5 Å². The summed E-state index contributed by atoms with van der Waals surface area (Å²) in [6.07, 6.45) is 0. The van der Waals surface area contributed by atoms with Gasteiger partial charge in [0.15, 0.2) is 11.5 Å². The van der Waals surface area contributed by atoms with E-state index in [1.807, 2.05) is 12.1 Å². The number of rotatable bonds is 3. The lowest BCUT2D eigenvalue weighted by atomic mass is 10.2. The second kappa shape index (κ2) is 5.81. The Morgan fingerprint density at radius 3 is 2.62 bits per heavy atom. The fourth-order valence-electron chi connectivity index (χ4n) is 2.02. The summed E-state index contributed by atoms with van der Waals surface area (Å²) in [7, 11) is 0. The van der Waals surface area contributed by atoms with E-state index in [0.29, 0.717) is 22.5 Å². The Morgan fingerprint density at radius 2 is 1.86 bits per heavy atom. The van der Waals surface area contributed by atoms with Crippen molar-refractivity contribution < 1.29 is 18.3 Å². The lowest BCUT2D eigenvalue weighted by molar-refractivity contribution is 0.173. The standard InChI is InChI=1S/C14H9Br2F2NO2/c15-9-3-8(17)4-11(18)13(9)19-5-7-1-10(16)14-12(2-7)20-6-21-14/h1-4,19H,5-6H2. The van der Waals surface area contributed by atoms with Crippen LogP contribution >= 0.6 is 31.9 Å². The van der Waals surface area contributed by atoms with Crippen molar-refractivity contribution in [2.75, 3.05) is 12.1 Å². The van der Waals surface area contributed by atoms with Crippen LogP contribution in [0.4, 0.5) is 14.5 Å². The van der Waals surface area contributed by atoms with Gasteiger partial charge in [-0.15, -0.1) is 0 Å². The lowest BCUT2D eigenvalue weighted by Crippen LogP contribution is -2.03. The van der Waals surface area contributed by atoms with Crippen molar-refractivity contribution in [2.24, 2.45) is 0 Å². The average Bonchev–Trinajstić information content (AvgIpc) is 2.86. The average molecular weight is 421 g/mol. The maximum absolute atomic E-state index is 13.7. The van der Waals surface area contributed by atoms with Crippen LogP contribution in [0.15, 0.2) is 33.2 Å². The van der Waals surface area contributed by atoms with Gasteiger partial charge >= 0.3 is 0 Å². The van der Waals surface area contributed by atoms with Gasteiger partial charge in [0.1, 0.15) is 11.6 Å². The Morgan fingerprint density at radius 1 is 1.05 bits per heavy atom. The highest BCUT2D eigenvalue weighted by Gasteiger charge is 2.18. The zero-order valence-corrected chi connectivity index (χ0v) is 13.7. The van der Waals surface area contributed by atoms with Gasteiger partial charge in [-0.2, -0.15) is 0 Å². The van der Waals surface area contributed by atoms with Gasteiger partial charge < -0.3 is 14.8 Å². The van der Waals surface area contributed by atoms with Crippen LogP contribution in [0, 0.1) is 11.6 Å². The first-order chi connectivity index (χ1) is 10.0. The van der Waals surface area contributed by atoms with Gasteiger partial charge in [0.05, 0.1) is 10.2 Å². The first-order valence-electron chi connectivity index (χ1n) is 6.01. The molecule has 0 aromatic heterocycles. The Labute approximate surface area is 136 Å². The third-order valence-electron chi connectivity index (χ3n) is 2.96. The molecule has 3 nitrogen and oxygen atoms in total. The van der Waals surface area contributed by atoms with E-state index in [4.69, 9.17) is 9.47 Å². The van der Waals surface area contributed by atoms with E-state index < -0.39 is 11.6 Å². The number of hydrogen-bond acceptors (Lipinski definition) is 3. The van der Waals surface area contributed by atoms with Crippen LogP contribution in [0.2, 0.25) is 0 Å². The first kappa shape index (κ1) is 14.6. The number of nitrogens with one attached hydrogen (secondary N) is 1. The third kappa shape index (κ3) is 2.98. The molecule has 7 heteroatoms. The van der Waals surface area contributed by atoms with Crippen molar-refractivity contribution in [3.05, 3.63) is 50.4 Å². The first-order valence-corrected chi connectivity index (χ1v) is 7.59. The van der Waals surface area contributed by atoms with Crippen LogP contribution < -0.4 is 14.8 Å². The Hall–Kier alpha value is -1.34. The van der Waals surface area contributed by atoms with Crippen molar-refractivity contribution in [1.29, 1.82) is 0 Å². The van der Waals surface area contributed by atoms with E-state index in [0.717, 1.165) is 16.1 Å². The molecule has 0 aliphatic carbocycles. The molecule has 1 aliphatic heterocycles. The van der Waals surface area contributed by atoms with Crippen LogP contribution in [0.5, 0.6) is 11.5 Å². The zero-order chi connectivity index (χ0) is 15.0. The van der Waals surface area contributed by atoms with Gasteiger partial charge in [-0.1, -0.05) is 0 Å². The molecule has 0 radical (unpaired) electrons. The molecule has 1 heterocycles. The number of benzene rings is 2. The molecule has 1 N–H and O–H groups in total. The molecule has 2 aromatic rings. The summed E-state index contributed by atoms with van der Waals surface area (Å²) < 4.78 is 38.5. The number of fused-ring (bicyclic) bond motifs is 1. The van der Waals surface area contributed by atoms with E-state index >= 15 is 0 Å². The molecule has 0 atom stereocenters. The predicted molar refractivity (Wildman–Crippen MR) is 81.6 cm³/mol. The number of hydrogen-bond donors (Lipinski definition) is 1. The van der Waals surface area contributed by atoms with Gasteiger partial charge in [-0.3, -0.25) is 0 Å². The predicted octanol–water partition coefficient (Wildman–Crippen LogP) is 4.83. The molecule has 0 saturated heterocycles. The second-order valence-corrected chi connectivity index (χ2v) is 6.12. The highest BCUT2D eigenvalue weighted by molar-refractivity contribution is 9.11. The van der Waals surface area contributed by atoms with Gasteiger partial charge in [-0.05, 0) is 55.6 Å². The summed E-state index contributed by atoms with van der Waals surface area (Å²) in [5, 5.41) is 2.94. The van der Waals surface area contributed by atoms with Crippen LogP contribution in [-0.2, 0) is 6.54 Å². The topological polar surface area (TPSA) is 30.5 Å². The number of anilines is 1. The SMILES string of the molecule is Fc1cc(F)c(NCc2cc(Br)c3c(c2)OCO3)c(Br)c1. The van der Waals surface area contributed by atoms with Crippen LogP contribution in [0.3, 0.4) is 0 Å². The molecule has 21 heavy (non-hydrogen) atoms. The van der Waals surface area contributed by atoms with Gasteiger partial charge in [0.2, 0.25) is 6.79 Å². The molecule has 0 spiro atoms. The van der Waals surface area contributed by atoms with Gasteiger partial charge in [0.25, 0.3) is 0 Å². The minimum absolute atomic E-state index is 0.183. The monoisotopic (exact) mass is 419 g/mol. The Bertz CT molecular complexity index is 687. The van der Waals surface area contributed by atoms with E-state index in [9.17, 15) is 8.78 Å². The van der Waals surface area contributed by atoms with Crippen LogP contribution in [0.1, 0.15) is 5.56 Å². The number of halogens is 4. The minimum Gasteiger partial charge on any atom is -0.454 e. The largest absolute Gasteiger partial charge is 0.454 e. The van der Waals surface area contributed by atoms with Crippen molar-refractivity contribution in [2.45, 2.75) is 6.54 Å². The quantitative estimate of drug-likeness (QED) is 0.771. The molecule has 0 bridgehead atoms. The van der Waals surface area contributed by atoms with E-state index in [1.54, 1.807) is 0 Å². The Balaban J connectivity index is 1.81. The minimum atomic E-state index is -0.651. The molecule has 3 rings (SSSR count). The van der Waals surface area contributed by atoms with Crippen LogP contribution in [-0.4, -0.2) is 6.79 Å². The van der Waals surface area contributed by atoms with Crippen molar-refractivity contribution in [3.8, 4) is 11.5 Å². The van der Waals surface area contributed by atoms with E-state index in [-0.39, 0.29) is 12.5 Å². The molecule has 0 amide bonds.